The van der Waals surface area contributed by atoms with E-state index in [1.807, 2.05) is 20.8 Å². The molecule has 2 unspecified atom stereocenters. The summed E-state index contributed by atoms with van der Waals surface area (Å²) in [6.07, 6.45) is 1.20. The van der Waals surface area contributed by atoms with Gasteiger partial charge in [0.2, 0.25) is 11.8 Å². The Morgan fingerprint density at radius 3 is 2.19 bits per heavy atom. The molecule has 2 amide bonds. The lowest BCUT2D eigenvalue weighted by Crippen LogP contribution is -2.48. The summed E-state index contributed by atoms with van der Waals surface area (Å²) in [7, 11) is 0. The van der Waals surface area contributed by atoms with E-state index in [0.717, 1.165) is 6.42 Å². The van der Waals surface area contributed by atoms with Gasteiger partial charge in [0.25, 0.3) is 0 Å². The first kappa shape index (κ1) is 14.9. The third-order valence-corrected chi connectivity index (χ3v) is 2.67. The second kappa shape index (κ2) is 7.22. The quantitative estimate of drug-likeness (QED) is 0.572. The lowest BCUT2D eigenvalue weighted by atomic mass is 10.00. The molecule has 5 heteroatoms. The first-order valence-corrected chi connectivity index (χ1v) is 5.71. The van der Waals surface area contributed by atoms with Crippen molar-refractivity contribution >= 4 is 11.8 Å². The second-order valence-electron chi connectivity index (χ2n) is 4.41. The highest BCUT2D eigenvalue weighted by Gasteiger charge is 2.22. The molecule has 16 heavy (non-hydrogen) atoms. The highest BCUT2D eigenvalue weighted by molar-refractivity contribution is 5.86. The number of nitrogens with two attached hydrogens (primary N) is 2. The maximum atomic E-state index is 11.6. The number of hydrogen-bond donors (Lipinski definition) is 3. The van der Waals surface area contributed by atoms with E-state index in [0.29, 0.717) is 13.0 Å². The van der Waals surface area contributed by atoms with Crippen LogP contribution in [0.3, 0.4) is 0 Å². The molecule has 0 aliphatic heterocycles. The number of primary amides is 1. The molecular formula is C11H23N3O2. The maximum absolute atomic E-state index is 11.6. The van der Waals surface area contributed by atoms with Crippen molar-refractivity contribution in [3.05, 3.63) is 0 Å². The molecule has 0 aliphatic carbocycles. The van der Waals surface area contributed by atoms with Crippen LogP contribution in [0.25, 0.3) is 0 Å². The molecule has 0 fully saturated rings. The summed E-state index contributed by atoms with van der Waals surface area (Å²) in [4.78, 5) is 22.7. The van der Waals surface area contributed by atoms with E-state index in [4.69, 9.17) is 11.5 Å². The Morgan fingerprint density at radius 1 is 1.31 bits per heavy atom. The SMILES string of the molecule is CCC(CN)CC(=O)NC(C(N)=O)C(C)C. The van der Waals surface area contributed by atoms with Crippen molar-refractivity contribution in [2.45, 2.75) is 39.7 Å². The molecule has 0 rings (SSSR count). The molecule has 0 spiro atoms. The molecule has 0 bridgehead atoms. The van der Waals surface area contributed by atoms with Crippen molar-refractivity contribution < 1.29 is 9.59 Å². The number of amides is 2. The van der Waals surface area contributed by atoms with Gasteiger partial charge in [-0.15, -0.1) is 0 Å². The average molecular weight is 229 g/mol. The van der Waals surface area contributed by atoms with E-state index in [1.54, 1.807) is 0 Å². The van der Waals surface area contributed by atoms with Crippen molar-refractivity contribution in [2.24, 2.45) is 23.3 Å². The first-order chi connectivity index (χ1) is 7.42. The Balaban J connectivity index is 4.25. The zero-order chi connectivity index (χ0) is 12.7. The van der Waals surface area contributed by atoms with Gasteiger partial charge in [-0.1, -0.05) is 27.2 Å². The number of carbonyl (C=O) groups excluding carboxylic acids is 2. The molecule has 5 nitrogen and oxygen atoms in total. The highest BCUT2D eigenvalue weighted by atomic mass is 16.2. The minimum atomic E-state index is -0.595. The Bertz CT molecular complexity index is 237. The van der Waals surface area contributed by atoms with Crippen LogP contribution >= 0.6 is 0 Å². The molecule has 0 aromatic heterocycles. The molecule has 0 aromatic rings. The number of carbonyl (C=O) groups is 2. The number of rotatable bonds is 7. The van der Waals surface area contributed by atoms with Crippen LogP contribution in [0.2, 0.25) is 0 Å². The fourth-order valence-corrected chi connectivity index (χ4v) is 1.46. The molecule has 94 valence electrons. The van der Waals surface area contributed by atoms with E-state index in [9.17, 15) is 9.59 Å². The van der Waals surface area contributed by atoms with Gasteiger partial charge in [0.15, 0.2) is 0 Å². The summed E-state index contributed by atoms with van der Waals surface area (Å²) < 4.78 is 0. The predicted octanol–water partition coefficient (Wildman–Crippen LogP) is -0.0125. The Kier molecular flexibility index (Phi) is 6.72. The summed E-state index contributed by atoms with van der Waals surface area (Å²) in [6, 6.07) is -0.595. The smallest absolute Gasteiger partial charge is 0.240 e. The zero-order valence-corrected chi connectivity index (χ0v) is 10.3. The summed E-state index contributed by atoms with van der Waals surface area (Å²) >= 11 is 0. The van der Waals surface area contributed by atoms with Crippen LogP contribution < -0.4 is 16.8 Å². The van der Waals surface area contributed by atoms with Crippen LogP contribution in [0.15, 0.2) is 0 Å². The summed E-state index contributed by atoms with van der Waals surface area (Å²) in [5.74, 6) is -0.487. The molecule has 0 radical (unpaired) electrons. The van der Waals surface area contributed by atoms with E-state index >= 15 is 0 Å². The molecule has 0 saturated heterocycles. The monoisotopic (exact) mass is 229 g/mol. The fraction of sp³-hybridized carbons (Fsp3) is 0.818. The first-order valence-electron chi connectivity index (χ1n) is 5.71. The van der Waals surface area contributed by atoms with Gasteiger partial charge in [0, 0.05) is 6.42 Å². The molecule has 0 aliphatic rings. The largest absolute Gasteiger partial charge is 0.368 e. The molecule has 0 aromatic carbocycles. The van der Waals surface area contributed by atoms with E-state index < -0.39 is 11.9 Å². The van der Waals surface area contributed by atoms with Crippen molar-refractivity contribution in [3.63, 3.8) is 0 Å². The van der Waals surface area contributed by atoms with Gasteiger partial charge in [0.05, 0.1) is 0 Å². The average Bonchev–Trinajstić information content (AvgIpc) is 2.21. The van der Waals surface area contributed by atoms with Gasteiger partial charge in [-0.25, -0.2) is 0 Å². The normalized spacial score (nSPS) is 14.6. The van der Waals surface area contributed by atoms with Gasteiger partial charge in [-0.3, -0.25) is 9.59 Å². The van der Waals surface area contributed by atoms with E-state index in [-0.39, 0.29) is 17.7 Å². The highest BCUT2D eigenvalue weighted by Crippen LogP contribution is 2.07. The second-order valence-corrected chi connectivity index (χ2v) is 4.41. The van der Waals surface area contributed by atoms with Crippen molar-refractivity contribution in [1.29, 1.82) is 0 Å². The standard InChI is InChI=1S/C11H23N3O2/c1-4-8(6-12)5-9(15)14-10(7(2)3)11(13)16/h7-8,10H,4-6,12H2,1-3H3,(H2,13,16)(H,14,15). The van der Waals surface area contributed by atoms with Gasteiger partial charge >= 0.3 is 0 Å². The topological polar surface area (TPSA) is 98.2 Å². The van der Waals surface area contributed by atoms with E-state index in [2.05, 4.69) is 5.32 Å². The van der Waals surface area contributed by atoms with Crippen molar-refractivity contribution in [3.8, 4) is 0 Å². The van der Waals surface area contributed by atoms with Gasteiger partial charge in [0.1, 0.15) is 6.04 Å². The van der Waals surface area contributed by atoms with Crippen LogP contribution in [0.4, 0.5) is 0 Å². The van der Waals surface area contributed by atoms with Crippen LogP contribution in [-0.4, -0.2) is 24.4 Å². The van der Waals surface area contributed by atoms with Crippen LogP contribution in [0.5, 0.6) is 0 Å². The van der Waals surface area contributed by atoms with Crippen molar-refractivity contribution in [1.82, 2.24) is 5.32 Å². The Morgan fingerprint density at radius 2 is 1.88 bits per heavy atom. The minimum Gasteiger partial charge on any atom is -0.368 e. The van der Waals surface area contributed by atoms with E-state index in [1.165, 1.54) is 0 Å². The maximum Gasteiger partial charge on any atom is 0.240 e. The zero-order valence-electron chi connectivity index (χ0n) is 10.3. The number of hydrogen-bond acceptors (Lipinski definition) is 3. The summed E-state index contributed by atoms with van der Waals surface area (Å²) in [5.41, 5.74) is 10.7. The minimum absolute atomic E-state index is 0.000553. The summed E-state index contributed by atoms with van der Waals surface area (Å²) in [5, 5.41) is 2.65. The molecule has 5 N–H and O–H groups in total. The lowest BCUT2D eigenvalue weighted by Gasteiger charge is -2.20. The van der Waals surface area contributed by atoms with Gasteiger partial charge in [-0.05, 0) is 18.4 Å². The molecule has 0 heterocycles. The lowest BCUT2D eigenvalue weighted by molar-refractivity contribution is -0.128. The van der Waals surface area contributed by atoms with Crippen LogP contribution in [0, 0.1) is 11.8 Å². The van der Waals surface area contributed by atoms with Crippen LogP contribution in [-0.2, 0) is 9.59 Å². The van der Waals surface area contributed by atoms with Gasteiger partial charge < -0.3 is 16.8 Å². The number of nitrogens with one attached hydrogen (secondary N) is 1. The molecule has 0 saturated carbocycles. The fourth-order valence-electron chi connectivity index (χ4n) is 1.46. The summed E-state index contributed by atoms with van der Waals surface area (Å²) in [6.45, 7) is 6.15. The van der Waals surface area contributed by atoms with Crippen LogP contribution in [0.1, 0.15) is 33.6 Å². The Labute approximate surface area is 96.9 Å². The third kappa shape index (κ3) is 5.11. The Hall–Kier alpha value is -1.10. The molecular weight excluding hydrogens is 206 g/mol. The predicted molar refractivity (Wildman–Crippen MR) is 63.4 cm³/mol. The van der Waals surface area contributed by atoms with Gasteiger partial charge in [-0.2, -0.15) is 0 Å². The molecule has 2 atom stereocenters. The van der Waals surface area contributed by atoms with Crippen molar-refractivity contribution in [2.75, 3.05) is 6.54 Å². The third-order valence-electron chi connectivity index (χ3n) is 2.67.